The first-order valence-corrected chi connectivity index (χ1v) is 8.62. The lowest BCUT2D eigenvalue weighted by molar-refractivity contribution is 0.0965. The summed E-state index contributed by atoms with van der Waals surface area (Å²) >= 11 is 0. The van der Waals surface area contributed by atoms with Gasteiger partial charge in [0, 0.05) is 5.92 Å². The summed E-state index contributed by atoms with van der Waals surface area (Å²) in [6, 6.07) is 23.2. The van der Waals surface area contributed by atoms with E-state index in [9.17, 15) is 4.79 Å². The summed E-state index contributed by atoms with van der Waals surface area (Å²) in [5.41, 5.74) is 5.52. The van der Waals surface area contributed by atoms with Gasteiger partial charge < -0.3 is 15.3 Å². The second kappa shape index (κ2) is 7.33. The molecule has 0 saturated heterocycles. The summed E-state index contributed by atoms with van der Waals surface area (Å²) in [5, 5.41) is 3.45. The van der Waals surface area contributed by atoms with Crippen LogP contribution >= 0.6 is 0 Å². The molecule has 0 bridgehead atoms. The summed E-state index contributed by atoms with van der Waals surface area (Å²) in [5.74, 6) is 5.52. The second-order valence-electron chi connectivity index (χ2n) is 6.24. The van der Waals surface area contributed by atoms with Gasteiger partial charge >= 0.3 is 6.16 Å². The van der Waals surface area contributed by atoms with Crippen molar-refractivity contribution in [3.05, 3.63) is 89.5 Å². The normalized spacial score (nSPS) is 12.6. The molecule has 5 nitrogen and oxygen atoms in total. The Balaban J connectivity index is 1.45. The van der Waals surface area contributed by atoms with E-state index in [-0.39, 0.29) is 12.5 Å². The number of fused-ring (bicyclic) bond motifs is 3. The van der Waals surface area contributed by atoms with Crippen molar-refractivity contribution in [2.24, 2.45) is 10.9 Å². The molecule has 0 fully saturated rings. The maximum absolute atomic E-state index is 12.1. The molecule has 0 aromatic heterocycles. The largest absolute Gasteiger partial charge is 0.513 e. The average molecular weight is 358 g/mol. The second-order valence-corrected chi connectivity index (χ2v) is 6.24. The molecular formula is C22H18N2O3. The molecule has 1 aliphatic rings. The lowest BCUT2D eigenvalue weighted by atomic mass is 9.98. The first-order valence-electron chi connectivity index (χ1n) is 8.62. The van der Waals surface area contributed by atoms with E-state index in [2.05, 4.69) is 29.4 Å². The molecule has 0 unspecified atom stereocenters. The van der Waals surface area contributed by atoms with Crippen molar-refractivity contribution in [3.8, 4) is 16.9 Å². The zero-order valence-corrected chi connectivity index (χ0v) is 14.5. The fourth-order valence-corrected chi connectivity index (χ4v) is 3.42. The number of hydrazone groups is 1. The number of hydrogen-bond acceptors (Lipinski definition) is 5. The molecular weight excluding hydrogens is 340 g/mol. The standard InChI is InChI=1S/C22H18N2O3/c23-24-13-15-9-11-16(12-10-15)27-22(25)26-14-21-19-7-3-1-5-17(19)18-6-2-4-8-20(18)21/h1-13,21H,14,23H2. The topological polar surface area (TPSA) is 73.9 Å². The van der Waals surface area contributed by atoms with Gasteiger partial charge in [0.2, 0.25) is 0 Å². The Morgan fingerprint density at radius 2 is 1.52 bits per heavy atom. The predicted molar refractivity (Wildman–Crippen MR) is 104 cm³/mol. The maximum atomic E-state index is 12.1. The summed E-state index contributed by atoms with van der Waals surface area (Å²) < 4.78 is 10.7. The Kier molecular flexibility index (Phi) is 4.58. The van der Waals surface area contributed by atoms with E-state index in [0.717, 1.165) is 16.7 Å². The highest BCUT2D eigenvalue weighted by molar-refractivity contribution is 5.80. The molecule has 0 radical (unpaired) electrons. The van der Waals surface area contributed by atoms with Crippen LogP contribution in [0.25, 0.3) is 11.1 Å². The fourth-order valence-electron chi connectivity index (χ4n) is 3.42. The van der Waals surface area contributed by atoms with Gasteiger partial charge in [0.25, 0.3) is 0 Å². The summed E-state index contributed by atoms with van der Waals surface area (Å²) in [4.78, 5) is 12.1. The van der Waals surface area contributed by atoms with Crippen LogP contribution in [0.4, 0.5) is 4.79 Å². The fraction of sp³-hybridized carbons (Fsp3) is 0.0909. The van der Waals surface area contributed by atoms with Crippen LogP contribution in [0.1, 0.15) is 22.6 Å². The highest BCUT2D eigenvalue weighted by Gasteiger charge is 2.29. The first kappa shape index (κ1) is 16.8. The SMILES string of the molecule is NN=Cc1ccc(OC(=O)OCC2c3ccccc3-c3ccccc32)cc1. The molecule has 0 saturated carbocycles. The molecule has 4 rings (SSSR count). The van der Waals surface area contributed by atoms with Gasteiger partial charge in [-0.2, -0.15) is 5.10 Å². The van der Waals surface area contributed by atoms with Crippen LogP contribution in [0.3, 0.4) is 0 Å². The Morgan fingerprint density at radius 1 is 0.926 bits per heavy atom. The third-order valence-electron chi connectivity index (χ3n) is 4.64. The van der Waals surface area contributed by atoms with Crippen molar-refractivity contribution in [2.45, 2.75) is 5.92 Å². The Hall–Kier alpha value is -3.60. The van der Waals surface area contributed by atoms with E-state index in [1.54, 1.807) is 24.3 Å². The first-order chi connectivity index (χ1) is 13.3. The lowest BCUT2D eigenvalue weighted by Crippen LogP contribution is -2.15. The van der Waals surface area contributed by atoms with Crippen molar-refractivity contribution in [1.82, 2.24) is 0 Å². The van der Waals surface area contributed by atoms with E-state index >= 15 is 0 Å². The van der Waals surface area contributed by atoms with Crippen LogP contribution in [0, 0.1) is 0 Å². The maximum Gasteiger partial charge on any atom is 0.513 e. The van der Waals surface area contributed by atoms with Crippen molar-refractivity contribution < 1.29 is 14.3 Å². The molecule has 0 heterocycles. The van der Waals surface area contributed by atoms with Crippen LogP contribution in [0.5, 0.6) is 5.75 Å². The lowest BCUT2D eigenvalue weighted by Gasteiger charge is -2.14. The molecule has 27 heavy (non-hydrogen) atoms. The average Bonchev–Trinajstić information content (AvgIpc) is 3.02. The van der Waals surface area contributed by atoms with Crippen LogP contribution in [0.15, 0.2) is 77.9 Å². The van der Waals surface area contributed by atoms with Crippen LogP contribution in [-0.4, -0.2) is 19.0 Å². The minimum Gasteiger partial charge on any atom is -0.433 e. The monoisotopic (exact) mass is 358 g/mol. The molecule has 3 aromatic carbocycles. The number of nitrogens with zero attached hydrogens (tertiary/aromatic N) is 1. The smallest absolute Gasteiger partial charge is 0.433 e. The summed E-state index contributed by atoms with van der Waals surface area (Å²) in [6.45, 7) is 0.227. The van der Waals surface area contributed by atoms with Gasteiger partial charge in [0.05, 0.1) is 6.21 Å². The zero-order valence-electron chi connectivity index (χ0n) is 14.5. The summed E-state index contributed by atoms with van der Waals surface area (Å²) in [7, 11) is 0. The molecule has 0 aliphatic heterocycles. The minimum absolute atomic E-state index is 0.00749. The number of benzene rings is 3. The Labute approximate surface area is 157 Å². The summed E-state index contributed by atoms with van der Waals surface area (Å²) in [6.07, 6.45) is 0.786. The van der Waals surface area contributed by atoms with Crippen LogP contribution in [0.2, 0.25) is 0 Å². The van der Waals surface area contributed by atoms with Gasteiger partial charge in [-0.25, -0.2) is 4.79 Å². The number of nitrogens with two attached hydrogens (primary N) is 1. The van der Waals surface area contributed by atoms with Gasteiger partial charge in [-0.1, -0.05) is 48.5 Å². The quantitative estimate of drug-likeness (QED) is 0.248. The number of ether oxygens (including phenoxy) is 2. The number of carbonyl (C=O) groups excluding carboxylic acids is 1. The number of hydrogen-bond donors (Lipinski definition) is 1. The van der Waals surface area contributed by atoms with E-state index in [1.807, 2.05) is 24.3 Å². The van der Waals surface area contributed by atoms with Gasteiger partial charge in [-0.3, -0.25) is 0 Å². The minimum atomic E-state index is -0.725. The molecule has 0 spiro atoms. The van der Waals surface area contributed by atoms with E-state index in [0.29, 0.717) is 5.75 Å². The molecule has 1 aliphatic carbocycles. The Morgan fingerprint density at radius 3 is 2.11 bits per heavy atom. The van der Waals surface area contributed by atoms with Crippen LogP contribution < -0.4 is 10.6 Å². The van der Waals surface area contributed by atoms with Crippen LogP contribution in [-0.2, 0) is 4.74 Å². The van der Waals surface area contributed by atoms with E-state index in [4.69, 9.17) is 15.3 Å². The highest BCUT2D eigenvalue weighted by Crippen LogP contribution is 2.44. The molecule has 5 heteroatoms. The van der Waals surface area contributed by atoms with Gasteiger partial charge in [0.1, 0.15) is 12.4 Å². The van der Waals surface area contributed by atoms with E-state index < -0.39 is 6.16 Å². The number of carbonyl (C=O) groups is 1. The zero-order chi connectivity index (χ0) is 18.6. The Bertz CT molecular complexity index is 951. The number of rotatable bonds is 4. The molecule has 2 N–H and O–H groups in total. The van der Waals surface area contributed by atoms with E-state index in [1.165, 1.54) is 17.3 Å². The van der Waals surface area contributed by atoms with Gasteiger partial charge in [-0.05, 0) is 52.1 Å². The van der Waals surface area contributed by atoms with Crippen molar-refractivity contribution >= 4 is 12.4 Å². The van der Waals surface area contributed by atoms with Crippen molar-refractivity contribution in [3.63, 3.8) is 0 Å². The van der Waals surface area contributed by atoms with Gasteiger partial charge in [0.15, 0.2) is 0 Å². The molecule has 0 atom stereocenters. The molecule has 3 aromatic rings. The molecule has 134 valence electrons. The molecule has 0 amide bonds. The third kappa shape index (κ3) is 3.40. The van der Waals surface area contributed by atoms with Crippen molar-refractivity contribution in [1.29, 1.82) is 0 Å². The van der Waals surface area contributed by atoms with Gasteiger partial charge in [-0.15, -0.1) is 0 Å². The predicted octanol–water partition coefficient (Wildman–Crippen LogP) is 4.31. The third-order valence-corrected chi connectivity index (χ3v) is 4.64. The highest BCUT2D eigenvalue weighted by atomic mass is 16.7. The van der Waals surface area contributed by atoms with Crippen molar-refractivity contribution in [2.75, 3.05) is 6.61 Å².